The third-order valence-corrected chi connectivity index (χ3v) is 3.29. The first-order valence-corrected chi connectivity index (χ1v) is 6.47. The quantitative estimate of drug-likeness (QED) is 0.707. The summed E-state index contributed by atoms with van der Waals surface area (Å²) in [5, 5.41) is 9.57. The van der Waals surface area contributed by atoms with E-state index in [1.54, 1.807) is 11.8 Å². The van der Waals surface area contributed by atoms with Gasteiger partial charge in [-0.05, 0) is 13.3 Å². The van der Waals surface area contributed by atoms with Crippen LogP contribution in [0.1, 0.15) is 52.9 Å². The lowest BCUT2D eigenvalue weighted by Gasteiger charge is -2.45. The molecule has 94 valence electrons. The Morgan fingerprint density at radius 3 is 2.50 bits per heavy atom. The van der Waals surface area contributed by atoms with Crippen molar-refractivity contribution in [2.75, 3.05) is 13.1 Å². The Bertz CT molecular complexity index is 230. The van der Waals surface area contributed by atoms with E-state index >= 15 is 0 Å². The van der Waals surface area contributed by atoms with Gasteiger partial charge in [-0.2, -0.15) is 0 Å². The third kappa shape index (κ3) is 3.78. The molecule has 1 heterocycles. The zero-order chi connectivity index (χ0) is 12.2. The highest BCUT2D eigenvalue weighted by molar-refractivity contribution is 5.79. The SMILES string of the molecule is CCCCCCC(C)C(=O)N1CC(C)(O)C1. The molecule has 1 atom stereocenters. The third-order valence-electron chi connectivity index (χ3n) is 3.29. The molecule has 1 N–H and O–H groups in total. The molecule has 1 saturated heterocycles. The first kappa shape index (κ1) is 13.5. The molecule has 1 rings (SSSR count). The number of carbonyl (C=O) groups is 1. The van der Waals surface area contributed by atoms with E-state index in [0.717, 1.165) is 12.8 Å². The summed E-state index contributed by atoms with van der Waals surface area (Å²) in [4.78, 5) is 13.7. The predicted molar refractivity (Wildman–Crippen MR) is 65.1 cm³/mol. The van der Waals surface area contributed by atoms with Gasteiger partial charge < -0.3 is 10.0 Å². The molecule has 0 aromatic carbocycles. The first-order chi connectivity index (χ1) is 7.46. The molecule has 0 bridgehead atoms. The number of unbranched alkanes of at least 4 members (excludes halogenated alkanes) is 3. The fraction of sp³-hybridized carbons (Fsp3) is 0.923. The minimum Gasteiger partial charge on any atom is -0.386 e. The summed E-state index contributed by atoms with van der Waals surface area (Å²) in [6.45, 7) is 6.98. The topological polar surface area (TPSA) is 40.5 Å². The van der Waals surface area contributed by atoms with Gasteiger partial charge in [0.1, 0.15) is 0 Å². The van der Waals surface area contributed by atoms with Gasteiger partial charge in [0, 0.05) is 5.92 Å². The van der Waals surface area contributed by atoms with E-state index in [9.17, 15) is 9.90 Å². The highest BCUT2D eigenvalue weighted by Crippen LogP contribution is 2.23. The molecule has 0 aliphatic carbocycles. The van der Waals surface area contributed by atoms with E-state index in [0.29, 0.717) is 13.1 Å². The van der Waals surface area contributed by atoms with E-state index in [1.165, 1.54) is 19.3 Å². The average Bonchev–Trinajstić information content (AvgIpc) is 2.19. The van der Waals surface area contributed by atoms with Crippen molar-refractivity contribution < 1.29 is 9.90 Å². The Balaban J connectivity index is 2.17. The second-order valence-electron chi connectivity index (χ2n) is 5.44. The zero-order valence-electron chi connectivity index (χ0n) is 10.8. The molecule has 1 unspecified atom stereocenters. The molecule has 0 radical (unpaired) electrons. The van der Waals surface area contributed by atoms with Gasteiger partial charge in [0.15, 0.2) is 0 Å². The highest BCUT2D eigenvalue weighted by Gasteiger charge is 2.40. The summed E-state index contributed by atoms with van der Waals surface area (Å²) >= 11 is 0. The molecular formula is C13H25NO2. The molecule has 0 aromatic rings. The van der Waals surface area contributed by atoms with Crippen LogP contribution in [0.25, 0.3) is 0 Å². The van der Waals surface area contributed by atoms with Crippen LogP contribution in [0.4, 0.5) is 0 Å². The van der Waals surface area contributed by atoms with Crippen LogP contribution in [0, 0.1) is 5.92 Å². The van der Waals surface area contributed by atoms with Gasteiger partial charge in [0.05, 0.1) is 18.7 Å². The summed E-state index contributed by atoms with van der Waals surface area (Å²) in [6, 6.07) is 0. The number of amides is 1. The number of rotatable bonds is 6. The molecule has 1 aliphatic heterocycles. The van der Waals surface area contributed by atoms with Crippen molar-refractivity contribution in [1.29, 1.82) is 0 Å². The second-order valence-corrected chi connectivity index (χ2v) is 5.44. The van der Waals surface area contributed by atoms with E-state index in [2.05, 4.69) is 6.92 Å². The van der Waals surface area contributed by atoms with Crippen molar-refractivity contribution in [1.82, 2.24) is 4.90 Å². The van der Waals surface area contributed by atoms with Crippen LogP contribution < -0.4 is 0 Å². The van der Waals surface area contributed by atoms with E-state index in [4.69, 9.17) is 0 Å². The summed E-state index contributed by atoms with van der Waals surface area (Å²) in [5.41, 5.74) is -0.641. The molecule has 1 fully saturated rings. The van der Waals surface area contributed by atoms with Gasteiger partial charge >= 0.3 is 0 Å². The zero-order valence-corrected chi connectivity index (χ0v) is 10.8. The number of hydrogen-bond donors (Lipinski definition) is 1. The van der Waals surface area contributed by atoms with Gasteiger partial charge in [-0.25, -0.2) is 0 Å². The molecule has 0 spiro atoms. The van der Waals surface area contributed by atoms with E-state index < -0.39 is 5.60 Å². The van der Waals surface area contributed by atoms with Gasteiger partial charge in [0.2, 0.25) is 5.91 Å². The maximum absolute atomic E-state index is 11.9. The molecule has 16 heavy (non-hydrogen) atoms. The summed E-state index contributed by atoms with van der Waals surface area (Å²) in [6.07, 6.45) is 5.85. The van der Waals surface area contributed by atoms with Crippen molar-refractivity contribution in [2.45, 2.75) is 58.5 Å². The van der Waals surface area contributed by atoms with Crippen LogP contribution in [0.5, 0.6) is 0 Å². The van der Waals surface area contributed by atoms with Gasteiger partial charge in [0.25, 0.3) is 0 Å². The van der Waals surface area contributed by atoms with Crippen LogP contribution in [-0.4, -0.2) is 34.6 Å². The second kappa shape index (κ2) is 5.67. The lowest BCUT2D eigenvalue weighted by Crippen LogP contribution is -2.62. The number of hydrogen-bond acceptors (Lipinski definition) is 2. The van der Waals surface area contributed by atoms with E-state index in [-0.39, 0.29) is 11.8 Å². The van der Waals surface area contributed by atoms with Crippen molar-refractivity contribution in [3.63, 3.8) is 0 Å². The minimum absolute atomic E-state index is 0.118. The van der Waals surface area contributed by atoms with Gasteiger partial charge in [-0.3, -0.25) is 4.79 Å². The van der Waals surface area contributed by atoms with Crippen molar-refractivity contribution in [2.24, 2.45) is 5.92 Å². The van der Waals surface area contributed by atoms with Crippen molar-refractivity contribution in [3.8, 4) is 0 Å². The number of carbonyl (C=O) groups excluding carboxylic acids is 1. The molecule has 1 amide bonds. The Labute approximate surface area is 98.8 Å². The Kier molecular flexibility index (Phi) is 4.78. The molecule has 3 nitrogen and oxygen atoms in total. The predicted octanol–water partition coefficient (Wildman–Crippen LogP) is 2.19. The monoisotopic (exact) mass is 227 g/mol. The van der Waals surface area contributed by atoms with Gasteiger partial charge in [-0.1, -0.05) is 39.5 Å². The maximum Gasteiger partial charge on any atom is 0.225 e. The molecule has 0 aromatic heterocycles. The number of nitrogens with zero attached hydrogens (tertiary/aromatic N) is 1. The van der Waals surface area contributed by atoms with Crippen LogP contribution in [0.2, 0.25) is 0 Å². The number of β-amino-alcohol motifs (C(OH)–C–C–N with tert-alkyl or cyclic N) is 1. The Hall–Kier alpha value is -0.570. The molecule has 3 heteroatoms. The minimum atomic E-state index is -0.641. The summed E-state index contributed by atoms with van der Waals surface area (Å²) in [7, 11) is 0. The van der Waals surface area contributed by atoms with Crippen molar-refractivity contribution in [3.05, 3.63) is 0 Å². The fourth-order valence-electron chi connectivity index (χ4n) is 2.24. The Morgan fingerprint density at radius 2 is 2.00 bits per heavy atom. The maximum atomic E-state index is 11.9. The van der Waals surface area contributed by atoms with Gasteiger partial charge in [-0.15, -0.1) is 0 Å². The van der Waals surface area contributed by atoms with Crippen LogP contribution >= 0.6 is 0 Å². The Morgan fingerprint density at radius 1 is 1.38 bits per heavy atom. The summed E-state index contributed by atoms with van der Waals surface area (Å²) < 4.78 is 0. The smallest absolute Gasteiger partial charge is 0.225 e. The number of likely N-dealkylation sites (tertiary alicyclic amines) is 1. The largest absolute Gasteiger partial charge is 0.386 e. The average molecular weight is 227 g/mol. The van der Waals surface area contributed by atoms with E-state index in [1.807, 2.05) is 6.92 Å². The van der Waals surface area contributed by atoms with Crippen molar-refractivity contribution >= 4 is 5.91 Å². The van der Waals surface area contributed by atoms with Crippen LogP contribution in [0.15, 0.2) is 0 Å². The summed E-state index contributed by atoms with van der Waals surface area (Å²) in [5.74, 6) is 0.330. The standard InChI is InChI=1S/C13H25NO2/c1-4-5-6-7-8-11(2)12(15)14-9-13(3,16)10-14/h11,16H,4-10H2,1-3H3. The normalized spacial score (nSPS) is 20.4. The van der Waals surface area contributed by atoms with Crippen LogP contribution in [-0.2, 0) is 4.79 Å². The lowest BCUT2D eigenvalue weighted by atomic mass is 9.93. The molecule has 0 saturated carbocycles. The fourth-order valence-corrected chi connectivity index (χ4v) is 2.24. The molecular weight excluding hydrogens is 202 g/mol. The molecule has 1 aliphatic rings. The highest BCUT2D eigenvalue weighted by atomic mass is 16.3. The number of aliphatic hydroxyl groups is 1. The van der Waals surface area contributed by atoms with Crippen LogP contribution in [0.3, 0.4) is 0 Å². The first-order valence-electron chi connectivity index (χ1n) is 6.47. The lowest BCUT2D eigenvalue weighted by molar-refractivity contribution is -0.156.